The molecule has 0 saturated heterocycles. The van der Waals surface area contributed by atoms with Crippen molar-refractivity contribution in [3.05, 3.63) is 70.0 Å². The third-order valence-corrected chi connectivity index (χ3v) is 4.34. The van der Waals surface area contributed by atoms with Crippen LogP contribution in [0, 0.1) is 5.82 Å². The lowest BCUT2D eigenvalue weighted by molar-refractivity contribution is 0.00985. The molecule has 0 fully saturated rings. The maximum absolute atomic E-state index is 13.1. The Labute approximate surface area is 139 Å². The fraction of sp³-hybridized carbons (Fsp3) is 0.278. The van der Waals surface area contributed by atoms with Gasteiger partial charge < -0.3 is 9.64 Å². The van der Waals surface area contributed by atoms with E-state index in [2.05, 4.69) is 12.1 Å². The lowest BCUT2D eigenvalue weighted by Crippen LogP contribution is -2.38. The monoisotopic (exact) mass is 333 g/mol. The summed E-state index contributed by atoms with van der Waals surface area (Å²) in [6, 6.07) is 11.9. The van der Waals surface area contributed by atoms with Crippen LogP contribution in [-0.2, 0) is 17.8 Å². The Hall–Kier alpha value is -1.91. The summed E-state index contributed by atoms with van der Waals surface area (Å²) in [7, 11) is 1.70. The van der Waals surface area contributed by atoms with Gasteiger partial charge >= 0.3 is 0 Å². The van der Waals surface area contributed by atoms with Gasteiger partial charge in [-0.1, -0.05) is 35.9 Å². The molecular weight excluding hydrogens is 317 g/mol. The molecule has 3 rings (SSSR count). The zero-order chi connectivity index (χ0) is 16.4. The van der Waals surface area contributed by atoms with Crippen LogP contribution in [0.1, 0.15) is 21.5 Å². The minimum atomic E-state index is -0.457. The number of halogens is 2. The highest BCUT2D eigenvalue weighted by Gasteiger charge is 2.23. The Kier molecular flexibility index (Phi) is 4.64. The Morgan fingerprint density at radius 2 is 2.04 bits per heavy atom. The molecule has 0 spiro atoms. The zero-order valence-corrected chi connectivity index (χ0v) is 13.5. The number of ether oxygens (including phenoxy) is 1. The smallest absolute Gasteiger partial charge is 0.255 e. The molecule has 1 heterocycles. The summed E-state index contributed by atoms with van der Waals surface area (Å²) < 4.78 is 18.9. The van der Waals surface area contributed by atoms with Crippen LogP contribution in [0.25, 0.3) is 0 Å². The second-order valence-corrected chi connectivity index (χ2v) is 6.12. The highest BCUT2D eigenvalue weighted by Crippen LogP contribution is 2.22. The van der Waals surface area contributed by atoms with Gasteiger partial charge in [-0.25, -0.2) is 4.39 Å². The Morgan fingerprint density at radius 3 is 2.78 bits per heavy atom. The minimum absolute atomic E-state index is 0.0573. The van der Waals surface area contributed by atoms with Crippen molar-refractivity contribution < 1.29 is 13.9 Å². The molecule has 5 heteroatoms. The molecule has 1 unspecified atom stereocenters. The van der Waals surface area contributed by atoms with Gasteiger partial charge in [-0.3, -0.25) is 4.79 Å². The number of likely N-dealkylation sites (N-methyl/N-ethyl adjacent to an activating group) is 1. The molecule has 1 aliphatic heterocycles. The third-order valence-electron chi connectivity index (χ3n) is 4.03. The first-order valence-corrected chi connectivity index (χ1v) is 7.81. The topological polar surface area (TPSA) is 29.5 Å². The average Bonchev–Trinajstić information content (AvgIpc) is 2.54. The number of nitrogens with zero attached hydrogens (tertiary/aromatic N) is 1. The number of rotatable bonds is 3. The predicted octanol–water partition coefficient (Wildman–Crippen LogP) is 3.69. The molecule has 0 bridgehead atoms. The van der Waals surface area contributed by atoms with Gasteiger partial charge in [-0.15, -0.1) is 0 Å². The van der Waals surface area contributed by atoms with Crippen molar-refractivity contribution in [3.8, 4) is 0 Å². The van der Waals surface area contributed by atoms with Gasteiger partial charge in [0.15, 0.2) is 0 Å². The van der Waals surface area contributed by atoms with Gasteiger partial charge in [-0.2, -0.15) is 0 Å². The average molecular weight is 334 g/mol. The number of carbonyl (C=O) groups is 1. The summed E-state index contributed by atoms with van der Waals surface area (Å²) in [6.07, 6.45) is 0.711. The number of benzene rings is 2. The van der Waals surface area contributed by atoms with Crippen LogP contribution in [0.2, 0.25) is 5.02 Å². The molecule has 0 saturated carbocycles. The quantitative estimate of drug-likeness (QED) is 0.857. The molecule has 120 valence electrons. The van der Waals surface area contributed by atoms with E-state index in [1.54, 1.807) is 11.9 Å². The molecule has 2 aromatic rings. The number of hydrogen-bond donors (Lipinski definition) is 0. The Morgan fingerprint density at radius 1 is 1.30 bits per heavy atom. The van der Waals surface area contributed by atoms with E-state index in [9.17, 15) is 9.18 Å². The minimum Gasteiger partial charge on any atom is -0.371 e. The SMILES string of the molecule is CN(CC1Cc2ccccc2CO1)C(=O)c1ccc(F)cc1Cl. The first-order chi connectivity index (χ1) is 11.0. The summed E-state index contributed by atoms with van der Waals surface area (Å²) >= 11 is 5.96. The van der Waals surface area contributed by atoms with Crippen LogP contribution in [0.5, 0.6) is 0 Å². The van der Waals surface area contributed by atoms with Gasteiger partial charge in [0.2, 0.25) is 0 Å². The van der Waals surface area contributed by atoms with Crippen LogP contribution in [0.4, 0.5) is 4.39 Å². The zero-order valence-electron chi connectivity index (χ0n) is 12.8. The van der Waals surface area contributed by atoms with Crippen LogP contribution < -0.4 is 0 Å². The van der Waals surface area contributed by atoms with Gasteiger partial charge in [0.1, 0.15) is 5.82 Å². The number of amides is 1. The second-order valence-electron chi connectivity index (χ2n) is 5.72. The summed E-state index contributed by atoms with van der Waals surface area (Å²) in [6.45, 7) is 1.01. The van der Waals surface area contributed by atoms with Crippen molar-refractivity contribution >= 4 is 17.5 Å². The van der Waals surface area contributed by atoms with E-state index in [1.807, 2.05) is 12.1 Å². The molecule has 2 aromatic carbocycles. The van der Waals surface area contributed by atoms with Crippen molar-refractivity contribution in [2.75, 3.05) is 13.6 Å². The van der Waals surface area contributed by atoms with Crippen molar-refractivity contribution in [2.24, 2.45) is 0 Å². The molecule has 0 N–H and O–H groups in total. The first-order valence-electron chi connectivity index (χ1n) is 7.43. The molecule has 1 atom stereocenters. The fourth-order valence-electron chi connectivity index (χ4n) is 2.78. The van der Waals surface area contributed by atoms with E-state index in [0.29, 0.717) is 18.7 Å². The molecule has 3 nitrogen and oxygen atoms in total. The summed E-state index contributed by atoms with van der Waals surface area (Å²) in [5.74, 6) is -0.695. The van der Waals surface area contributed by atoms with Gasteiger partial charge in [-0.05, 0) is 29.3 Å². The van der Waals surface area contributed by atoms with Crippen LogP contribution >= 0.6 is 11.6 Å². The highest BCUT2D eigenvalue weighted by molar-refractivity contribution is 6.33. The van der Waals surface area contributed by atoms with Gasteiger partial charge in [0.05, 0.1) is 23.3 Å². The van der Waals surface area contributed by atoms with Crippen molar-refractivity contribution in [1.29, 1.82) is 0 Å². The fourth-order valence-corrected chi connectivity index (χ4v) is 3.03. The lowest BCUT2D eigenvalue weighted by atomic mass is 9.99. The Balaban J connectivity index is 1.67. The largest absolute Gasteiger partial charge is 0.371 e. The standard InChI is InChI=1S/C18H17ClFNO2/c1-21(18(22)16-7-6-14(20)9-17(16)19)10-15-8-12-4-2-3-5-13(12)11-23-15/h2-7,9,15H,8,10-11H2,1H3. The summed E-state index contributed by atoms with van der Waals surface area (Å²) in [5.41, 5.74) is 2.75. The molecule has 1 aliphatic rings. The van der Waals surface area contributed by atoms with E-state index in [0.717, 1.165) is 12.5 Å². The van der Waals surface area contributed by atoms with E-state index in [4.69, 9.17) is 16.3 Å². The third kappa shape index (κ3) is 3.54. The van der Waals surface area contributed by atoms with Gasteiger partial charge in [0.25, 0.3) is 5.91 Å². The predicted molar refractivity (Wildman–Crippen MR) is 87.1 cm³/mol. The molecule has 0 radical (unpaired) electrons. The second kappa shape index (κ2) is 6.69. The maximum atomic E-state index is 13.1. The van der Waals surface area contributed by atoms with Crippen LogP contribution in [-0.4, -0.2) is 30.5 Å². The molecular formula is C18H17ClFNO2. The van der Waals surface area contributed by atoms with Gasteiger partial charge in [0, 0.05) is 20.0 Å². The number of hydrogen-bond acceptors (Lipinski definition) is 2. The number of fused-ring (bicyclic) bond motifs is 1. The van der Waals surface area contributed by atoms with Crippen molar-refractivity contribution in [3.63, 3.8) is 0 Å². The first kappa shape index (κ1) is 16.0. The normalized spacial score (nSPS) is 16.7. The maximum Gasteiger partial charge on any atom is 0.255 e. The lowest BCUT2D eigenvalue weighted by Gasteiger charge is -2.29. The van der Waals surface area contributed by atoms with Crippen LogP contribution in [0.3, 0.4) is 0 Å². The molecule has 1 amide bonds. The van der Waals surface area contributed by atoms with E-state index in [-0.39, 0.29) is 17.0 Å². The molecule has 0 aliphatic carbocycles. The van der Waals surface area contributed by atoms with Crippen molar-refractivity contribution in [2.45, 2.75) is 19.1 Å². The molecule has 0 aromatic heterocycles. The molecule has 23 heavy (non-hydrogen) atoms. The van der Waals surface area contributed by atoms with Crippen LogP contribution in [0.15, 0.2) is 42.5 Å². The van der Waals surface area contributed by atoms with Crippen molar-refractivity contribution in [1.82, 2.24) is 4.90 Å². The summed E-state index contributed by atoms with van der Waals surface area (Å²) in [5, 5.41) is 0.122. The highest BCUT2D eigenvalue weighted by atomic mass is 35.5. The Bertz CT molecular complexity index is 735. The summed E-state index contributed by atoms with van der Waals surface area (Å²) in [4.78, 5) is 14.0. The van der Waals surface area contributed by atoms with E-state index >= 15 is 0 Å². The van der Waals surface area contributed by atoms with E-state index < -0.39 is 5.82 Å². The van der Waals surface area contributed by atoms with E-state index in [1.165, 1.54) is 23.3 Å². The number of carbonyl (C=O) groups excluding carboxylic acids is 1.